The lowest BCUT2D eigenvalue weighted by Gasteiger charge is -2.11. The van der Waals surface area contributed by atoms with Crippen LogP contribution in [0.25, 0.3) is 0 Å². The van der Waals surface area contributed by atoms with E-state index < -0.39 is 0 Å². The molecule has 0 unspecified atom stereocenters. The summed E-state index contributed by atoms with van der Waals surface area (Å²) in [6.45, 7) is 0.580. The minimum absolute atomic E-state index is 0.0365. The molecule has 2 rings (SSSR count). The van der Waals surface area contributed by atoms with Gasteiger partial charge in [0.1, 0.15) is 11.6 Å². The number of rotatable bonds is 6. The first kappa shape index (κ1) is 14.4. The van der Waals surface area contributed by atoms with Crippen molar-refractivity contribution in [3.05, 3.63) is 64.7 Å². The summed E-state index contributed by atoms with van der Waals surface area (Å²) < 4.78 is 5.70. The zero-order valence-electron chi connectivity index (χ0n) is 11.1. The average Bonchev–Trinajstić information content (AvgIpc) is 2.45. The van der Waals surface area contributed by atoms with Gasteiger partial charge in [-0.25, -0.2) is 0 Å². The molecule has 0 bridgehead atoms. The molecule has 0 heterocycles. The fraction of sp³-hybridized carbons (Fsp3) is 0.188. The molecule has 0 aliphatic heterocycles. The molecule has 0 saturated carbocycles. The van der Waals surface area contributed by atoms with Crippen LogP contribution in [0.1, 0.15) is 17.5 Å². The van der Waals surface area contributed by atoms with E-state index in [0.29, 0.717) is 22.9 Å². The van der Waals surface area contributed by atoms with Gasteiger partial charge < -0.3 is 10.5 Å². The fourth-order valence-electron chi connectivity index (χ4n) is 1.94. The Kier molecular flexibility index (Phi) is 5.02. The van der Waals surface area contributed by atoms with Crippen LogP contribution in [0.5, 0.6) is 5.75 Å². The number of nitrogens with two attached hydrogens (primary N) is 1. The third kappa shape index (κ3) is 4.00. The monoisotopic (exact) mass is 288 g/mol. The van der Waals surface area contributed by atoms with Gasteiger partial charge >= 0.3 is 0 Å². The first-order valence-electron chi connectivity index (χ1n) is 6.47. The van der Waals surface area contributed by atoms with Gasteiger partial charge in [-0.3, -0.25) is 5.41 Å². The highest BCUT2D eigenvalue weighted by molar-refractivity contribution is 6.31. The van der Waals surface area contributed by atoms with Crippen LogP contribution in [-0.4, -0.2) is 12.4 Å². The van der Waals surface area contributed by atoms with Crippen molar-refractivity contribution in [1.82, 2.24) is 0 Å². The second kappa shape index (κ2) is 6.96. The van der Waals surface area contributed by atoms with Crippen LogP contribution in [0.15, 0.2) is 48.5 Å². The van der Waals surface area contributed by atoms with E-state index >= 15 is 0 Å². The quantitative estimate of drug-likeness (QED) is 0.484. The maximum atomic E-state index is 7.53. The molecular weight excluding hydrogens is 272 g/mol. The van der Waals surface area contributed by atoms with E-state index in [1.807, 2.05) is 18.2 Å². The number of benzene rings is 2. The second-order valence-corrected chi connectivity index (χ2v) is 4.93. The Morgan fingerprint density at radius 2 is 1.90 bits per heavy atom. The Morgan fingerprint density at radius 3 is 2.60 bits per heavy atom. The van der Waals surface area contributed by atoms with Gasteiger partial charge in [0.25, 0.3) is 0 Å². The SMILES string of the molecule is N=C(N)c1cc(Cl)ccc1OCCCc1ccccc1. The average molecular weight is 289 g/mol. The molecule has 3 nitrogen and oxygen atoms in total. The zero-order valence-corrected chi connectivity index (χ0v) is 11.9. The molecule has 0 spiro atoms. The summed E-state index contributed by atoms with van der Waals surface area (Å²) in [5.41, 5.74) is 7.35. The number of aryl methyl sites for hydroxylation is 1. The number of nitrogen functional groups attached to an aromatic ring is 1. The molecule has 0 amide bonds. The van der Waals surface area contributed by atoms with E-state index in [2.05, 4.69) is 12.1 Å². The van der Waals surface area contributed by atoms with E-state index in [4.69, 9.17) is 27.5 Å². The van der Waals surface area contributed by atoms with Crippen molar-refractivity contribution in [2.24, 2.45) is 5.73 Å². The fourth-order valence-corrected chi connectivity index (χ4v) is 2.11. The van der Waals surface area contributed by atoms with Gasteiger partial charge in [0.15, 0.2) is 0 Å². The van der Waals surface area contributed by atoms with Crippen molar-refractivity contribution in [3.8, 4) is 5.75 Å². The van der Waals surface area contributed by atoms with Crippen LogP contribution in [0.2, 0.25) is 5.02 Å². The minimum atomic E-state index is -0.0365. The van der Waals surface area contributed by atoms with Gasteiger partial charge in [0.2, 0.25) is 0 Å². The predicted molar refractivity (Wildman–Crippen MR) is 82.7 cm³/mol. The van der Waals surface area contributed by atoms with Crippen LogP contribution in [0, 0.1) is 5.41 Å². The summed E-state index contributed by atoms with van der Waals surface area (Å²) in [4.78, 5) is 0. The molecule has 2 aromatic rings. The van der Waals surface area contributed by atoms with Crippen LogP contribution in [-0.2, 0) is 6.42 Å². The van der Waals surface area contributed by atoms with Gasteiger partial charge in [-0.15, -0.1) is 0 Å². The van der Waals surface area contributed by atoms with Gasteiger partial charge in [-0.2, -0.15) is 0 Å². The summed E-state index contributed by atoms with van der Waals surface area (Å²) >= 11 is 5.89. The Morgan fingerprint density at radius 1 is 1.15 bits per heavy atom. The molecule has 20 heavy (non-hydrogen) atoms. The lowest BCUT2D eigenvalue weighted by Crippen LogP contribution is -2.13. The van der Waals surface area contributed by atoms with Crippen molar-refractivity contribution >= 4 is 17.4 Å². The van der Waals surface area contributed by atoms with Gasteiger partial charge in [0.05, 0.1) is 12.2 Å². The maximum Gasteiger partial charge on any atom is 0.130 e. The molecule has 0 atom stereocenters. The number of nitrogens with one attached hydrogen (secondary N) is 1. The molecule has 0 saturated heterocycles. The van der Waals surface area contributed by atoms with Crippen LogP contribution < -0.4 is 10.5 Å². The number of ether oxygens (including phenoxy) is 1. The van der Waals surface area contributed by atoms with Crippen molar-refractivity contribution in [3.63, 3.8) is 0 Å². The van der Waals surface area contributed by atoms with E-state index in [0.717, 1.165) is 12.8 Å². The maximum absolute atomic E-state index is 7.53. The van der Waals surface area contributed by atoms with E-state index in [9.17, 15) is 0 Å². The molecule has 4 heteroatoms. The Balaban J connectivity index is 1.90. The van der Waals surface area contributed by atoms with Crippen molar-refractivity contribution in [2.75, 3.05) is 6.61 Å². The minimum Gasteiger partial charge on any atom is -0.493 e. The van der Waals surface area contributed by atoms with Gasteiger partial charge in [-0.1, -0.05) is 41.9 Å². The first-order valence-corrected chi connectivity index (χ1v) is 6.85. The summed E-state index contributed by atoms with van der Waals surface area (Å²) in [7, 11) is 0. The standard InChI is InChI=1S/C16H17ClN2O/c17-13-8-9-15(14(11-13)16(18)19)20-10-4-7-12-5-2-1-3-6-12/h1-3,5-6,8-9,11H,4,7,10H2,(H3,18,19). The number of amidine groups is 1. The lowest BCUT2D eigenvalue weighted by molar-refractivity contribution is 0.310. The Labute approximate surface area is 123 Å². The normalized spacial score (nSPS) is 10.2. The molecule has 0 fully saturated rings. The van der Waals surface area contributed by atoms with E-state index in [1.165, 1.54) is 5.56 Å². The molecule has 0 aliphatic carbocycles. The highest BCUT2D eigenvalue weighted by Crippen LogP contribution is 2.22. The van der Waals surface area contributed by atoms with Crippen molar-refractivity contribution in [1.29, 1.82) is 5.41 Å². The Hall–Kier alpha value is -2.00. The highest BCUT2D eigenvalue weighted by atomic mass is 35.5. The van der Waals surface area contributed by atoms with Crippen LogP contribution >= 0.6 is 11.6 Å². The molecule has 0 radical (unpaired) electrons. The smallest absolute Gasteiger partial charge is 0.130 e. The van der Waals surface area contributed by atoms with E-state index in [1.54, 1.807) is 18.2 Å². The number of halogens is 1. The highest BCUT2D eigenvalue weighted by Gasteiger charge is 2.07. The predicted octanol–water partition coefficient (Wildman–Crippen LogP) is 3.64. The van der Waals surface area contributed by atoms with Crippen molar-refractivity contribution in [2.45, 2.75) is 12.8 Å². The third-order valence-electron chi connectivity index (χ3n) is 2.94. The Bertz CT molecular complexity index is 584. The lowest BCUT2D eigenvalue weighted by atomic mass is 10.1. The zero-order chi connectivity index (χ0) is 14.4. The summed E-state index contributed by atoms with van der Waals surface area (Å²) in [6, 6.07) is 15.4. The second-order valence-electron chi connectivity index (χ2n) is 4.49. The van der Waals surface area contributed by atoms with Crippen LogP contribution in [0.3, 0.4) is 0 Å². The number of hydrogen-bond acceptors (Lipinski definition) is 2. The topological polar surface area (TPSA) is 59.1 Å². The number of hydrogen-bond donors (Lipinski definition) is 2. The molecule has 0 aromatic heterocycles. The third-order valence-corrected chi connectivity index (χ3v) is 3.18. The molecule has 3 N–H and O–H groups in total. The molecular formula is C16H17ClN2O. The van der Waals surface area contributed by atoms with Crippen LogP contribution in [0.4, 0.5) is 0 Å². The van der Waals surface area contributed by atoms with Gasteiger partial charge in [0, 0.05) is 5.02 Å². The summed E-state index contributed by atoms with van der Waals surface area (Å²) in [5, 5.41) is 8.07. The van der Waals surface area contributed by atoms with E-state index in [-0.39, 0.29) is 5.84 Å². The summed E-state index contributed by atoms with van der Waals surface area (Å²) in [5.74, 6) is 0.570. The largest absolute Gasteiger partial charge is 0.493 e. The molecule has 104 valence electrons. The molecule has 2 aromatic carbocycles. The first-order chi connectivity index (χ1) is 9.66. The van der Waals surface area contributed by atoms with Crippen molar-refractivity contribution < 1.29 is 4.74 Å². The summed E-state index contributed by atoms with van der Waals surface area (Å²) in [6.07, 6.45) is 1.87. The van der Waals surface area contributed by atoms with Gasteiger partial charge in [-0.05, 0) is 36.6 Å². The molecule has 0 aliphatic rings.